The van der Waals surface area contributed by atoms with Crippen molar-refractivity contribution in [3.63, 3.8) is 0 Å². The minimum Gasteiger partial charge on any atom is -0.488 e. The summed E-state index contributed by atoms with van der Waals surface area (Å²) in [6.45, 7) is 2.78. The molecule has 5 rings (SSSR count). The van der Waals surface area contributed by atoms with Gasteiger partial charge in [-0.05, 0) is 37.0 Å². The van der Waals surface area contributed by atoms with E-state index in [0.717, 1.165) is 56.8 Å². The first-order valence-electron chi connectivity index (χ1n) is 11.8. The van der Waals surface area contributed by atoms with Gasteiger partial charge < -0.3 is 18.9 Å². The summed E-state index contributed by atoms with van der Waals surface area (Å²) in [5, 5.41) is 4.22. The molecule has 3 aromatic rings. The molecule has 7 nitrogen and oxygen atoms in total. The number of benzene rings is 2. The molecule has 7 heteroatoms. The smallest absolute Gasteiger partial charge is 0.261 e. The van der Waals surface area contributed by atoms with Gasteiger partial charge >= 0.3 is 0 Å². The quantitative estimate of drug-likeness (QED) is 0.539. The van der Waals surface area contributed by atoms with Crippen molar-refractivity contribution in [3.05, 3.63) is 66.0 Å². The first-order chi connectivity index (χ1) is 16.3. The maximum Gasteiger partial charge on any atom is 0.261 e. The van der Waals surface area contributed by atoms with E-state index in [-0.39, 0.29) is 17.9 Å². The highest BCUT2D eigenvalue weighted by Crippen LogP contribution is 2.33. The molecule has 0 spiro atoms. The number of nitrogens with zero attached hydrogens (tertiary/aromatic N) is 3. The summed E-state index contributed by atoms with van der Waals surface area (Å²) in [5.41, 5.74) is 1.98. The Morgan fingerprint density at radius 3 is 2.67 bits per heavy atom. The second kappa shape index (κ2) is 10.2. The highest BCUT2D eigenvalue weighted by atomic mass is 16.5. The molecule has 1 atom stereocenters. The lowest BCUT2D eigenvalue weighted by Gasteiger charge is -2.18. The molecule has 2 saturated heterocycles. The molecule has 0 saturated carbocycles. The molecule has 0 radical (unpaired) electrons. The fourth-order valence-electron chi connectivity index (χ4n) is 4.50. The molecule has 0 bridgehead atoms. The van der Waals surface area contributed by atoms with Crippen molar-refractivity contribution in [2.24, 2.45) is 0 Å². The number of amides is 1. The summed E-state index contributed by atoms with van der Waals surface area (Å²) in [6, 6.07) is 17.9. The molecule has 1 unspecified atom stereocenters. The highest BCUT2D eigenvalue weighted by molar-refractivity contribution is 5.76. The number of aromatic nitrogens is 2. The van der Waals surface area contributed by atoms with Gasteiger partial charge in [-0.1, -0.05) is 47.6 Å². The Kier molecular flexibility index (Phi) is 6.67. The molecule has 3 heterocycles. The topological polar surface area (TPSA) is 77.7 Å². The number of para-hydroxylation sites is 1. The van der Waals surface area contributed by atoms with Gasteiger partial charge in [-0.15, -0.1) is 0 Å². The third-order valence-electron chi connectivity index (χ3n) is 6.41. The van der Waals surface area contributed by atoms with Gasteiger partial charge in [0.05, 0.1) is 12.1 Å². The van der Waals surface area contributed by atoms with Crippen molar-refractivity contribution in [2.45, 2.75) is 44.1 Å². The Balaban J connectivity index is 1.20. The lowest BCUT2D eigenvalue weighted by molar-refractivity contribution is -0.130. The Morgan fingerprint density at radius 2 is 1.82 bits per heavy atom. The first-order valence-corrected chi connectivity index (χ1v) is 11.8. The van der Waals surface area contributed by atoms with Crippen LogP contribution in [0.2, 0.25) is 0 Å². The molecule has 1 amide bonds. The Morgan fingerprint density at radius 1 is 1.03 bits per heavy atom. The van der Waals surface area contributed by atoms with Gasteiger partial charge in [-0.25, -0.2) is 0 Å². The average molecular weight is 448 g/mol. The number of ether oxygens (including phenoxy) is 2. The van der Waals surface area contributed by atoms with Crippen molar-refractivity contribution in [2.75, 3.05) is 26.3 Å². The molecular weight excluding hydrogens is 418 g/mol. The zero-order valence-electron chi connectivity index (χ0n) is 18.7. The summed E-state index contributed by atoms with van der Waals surface area (Å²) in [5.74, 6) is 2.37. The second-order valence-electron chi connectivity index (χ2n) is 8.69. The van der Waals surface area contributed by atoms with Crippen LogP contribution in [0.25, 0.3) is 11.5 Å². The maximum absolute atomic E-state index is 12.7. The molecule has 2 fully saturated rings. The first kappa shape index (κ1) is 21.6. The third-order valence-corrected chi connectivity index (χ3v) is 6.41. The standard InChI is InChI=1S/C26H29N3O4/c30-24(11-10-19-6-2-1-3-7-19)29-15-12-21(18-29)32-23-9-5-4-8-22(23)26-27-25(28-33-26)20-13-16-31-17-14-20/h1-9,20-21H,10-18H2. The number of hydrogen-bond donors (Lipinski definition) is 0. The van der Waals surface area contributed by atoms with E-state index in [1.54, 1.807) is 0 Å². The van der Waals surface area contributed by atoms with Crippen LogP contribution in [0, 0.1) is 0 Å². The molecular formula is C26H29N3O4. The van der Waals surface area contributed by atoms with Gasteiger partial charge in [-0.2, -0.15) is 4.98 Å². The fourth-order valence-corrected chi connectivity index (χ4v) is 4.50. The summed E-state index contributed by atoms with van der Waals surface area (Å²) in [7, 11) is 0. The molecule has 0 aliphatic carbocycles. The van der Waals surface area contributed by atoms with Crippen LogP contribution in [-0.2, 0) is 16.0 Å². The van der Waals surface area contributed by atoms with E-state index in [4.69, 9.17) is 14.0 Å². The van der Waals surface area contributed by atoms with Crippen molar-refractivity contribution in [1.82, 2.24) is 15.0 Å². The summed E-state index contributed by atoms with van der Waals surface area (Å²) < 4.78 is 17.3. The summed E-state index contributed by atoms with van der Waals surface area (Å²) in [4.78, 5) is 19.3. The van der Waals surface area contributed by atoms with Crippen molar-refractivity contribution >= 4 is 5.91 Å². The van der Waals surface area contributed by atoms with E-state index < -0.39 is 0 Å². The van der Waals surface area contributed by atoms with Crippen LogP contribution in [0.1, 0.15) is 43.0 Å². The van der Waals surface area contributed by atoms with Gasteiger partial charge in [0.1, 0.15) is 11.9 Å². The number of hydrogen-bond acceptors (Lipinski definition) is 6. The van der Waals surface area contributed by atoms with Gasteiger partial charge in [0.2, 0.25) is 5.91 Å². The molecule has 2 aliphatic rings. The Bertz CT molecular complexity index is 1060. The lowest BCUT2D eigenvalue weighted by Crippen LogP contribution is -2.31. The summed E-state index contributed by atoms with van der Waals surface area (Å²) >= 11 is 0. The van der Waals surface area contributed by atoms with Gasteiger partial charge in [0, 0.05) is 38.5 Å². The molecule has 172 valence electrons. The Hall–Kier alpha value is -3.19. The van der Waals surface area contributed by atoms with E-state index in [1.165, 1.54) is 5.56 Å². The molecule has 33 heavy (non-hydrogen) atoms. The predicted octanol–water partition coefficient (Wildman–Crippen LogP) is 4.24. The normalized spacial score (nSPS) is 19.0. The van der Waals surface area contributed by atoms with E-state index in [0.29, 0.717) is 24.6 Å². The van der Waals surface area contributed by atoms with Crippen molar-refractivity contribution in [1.29, 1.82) is 0 Å². The average Bonchev–Trinajstić information content (AvgIpc) is 3.55. The van der Waals surface area contributed by atoms with Gasteiger partial charge in [0.15, 0.2) is 5.82 Å². The van der Waals surface area contributed by atoms with Crippen LogP contribution in [0.5, 0.6) is 5.75 Å². The molecule has 0 N–H and O–H groups in total. The zero-order chi connectivity index (χ0) is 22.5. The van der Waals surface area contributed by atoms with E-state index in [2.05, 4.69) is 22.3 Å². The van der Waals surface area contributed by atoms with Crippen LogP contribution in [0.15, 0.2) is 59.1 Å². The number of carbonyl (C=O) groups is 1. The molecule has 2 aliphatic heterocycles. The Labute approximate surface area is 193 Å². The minimum absolute atomic E-state index is 0.0512. The van der Waals surface area contributed by atoms with Crippen LogP contribution in [0.3, 0.4) is 0 Å². The second-order valence-corrected chi connectivity index (χ2v) is 8.69. The van der Waals surface area contributed by atoms with Crippen LogP contribution < -0.4 is 4.74 Å². The van der Waals surface area contributed by atoms with Crippen molar-refractivity contribution in [3.8, 4) is 17.2 Å². The monoisotopic (exact) mass is 447 g/mol. The van der Waals surface area contributed by atoms with Gasteiger partial charge in [-0.3, -0.25) is 4.79 Å². The van der Waals surface area contributed by atoms with E-state index >= 15 is 0 Å². The lowest BCUT2D eigenvalue weighted by atomic mass is 10.00. The SMILES string of the molecule is O=C(CCc1ccccc1)N1CCC(Oc2ccccc2-c2nc(C3CCOCC3)no2)C1. The van der Waals surface area contributed by atoms with E-state index in [1.807, 2.05) is 47.4 Å². The van der Waals surface area contributed by atoms with E-state index in [9.17, 15) is 4.79 Å². The van der Waals surface area contributed by atoms with Crippen LogP contribution >= 0.6 is 0 Å². The number of aryl methyl sites for hydroxylation is 1. The number of carbonyl (C=O) groups excluding carboxylic acids is 1. The van der Waals surface area contributed by atoms with Crippen molar-refractivity contribution < 1.29 is 18.8 Å². The molecule has 2 aromatic carbocycles. The minimum atomic E-state index is -0.0512. The fraction of sp³-hybridized carbons (Fsp3) is 0.423. The highest BCUT2D eigenvalue weighted by Gasteiger charge is 2.29. The molecule has 1 aromatic heterocycles. The van der Waals surface area contributed by atoms with Crippen LogP contribution in [-0.4, -0.2) is 53.4 Å². The largest absolute Gasteiger partial charge is 0.488 e. The number of rotatable bonds is 7. The van der Waals surface area contributed by atoms with Crippen LogP contribution in [0.4, 0.5) is 0 Å². The number of likely N-dealkylation sites (tertiary alicyclic amines) is 1. The maximum atomic E-state index is 12.7. The third kappa shape index (κ3) is 5.25. The zero-order valence-corrected chi connectivity index (χ0v) is 18.7. The predicted molar refractivity (Wildman–Crippen MR) is 123 cm³/mol. The summed E-state index contributed by atoms with van der Waals surface area (Å²) in [6.07, 6.45) is 3.86. The van der Waals surface area contributed by atoms with Gasteiger partial charge in [0.25, 0.3) is 5.89 Å².